The third kappa shape index (κ3) is 5.57. The fourth-order valence-electron chi connectivity index (χ4n) is 3.29. The van der Waals surface area contributed by atoms with E-state index in [1.54, 1.807) is 0 Å². The second-order valence-electron chi connectivity index (χ2n) is 6.10. The summed E-state index contributed by atoms with van der Waals surface area (Å²) in [5.74, 6) is 0. The molecule has 2 rings (SSSR count). The van der Waals surface area contributed by atoms with Gasteiger partial charge in [-0.15, -0.1) is 0 Å². The number of likely N-dealkylation sites (N-methyl/N-ethyl adjacent to an activating group) is 1. The minimum absolute atomic E-state index is 0.0475. The molecule has 0 amide bonds. The Morgan fingerprint density at radius 2 is 1.74 bits per heavy atom. The average molecular weight is 340 g/mol. The maximum Gasteiger partial charge on any atom is 0.277 e. The fourth-order valence-corrected chi connectivity index (χ4v) is 4.43. The molecular formula is C17H29N3O2S. The van der Waals surface area contributed by atoms with E-state index in [-0.39, 0.29) is 12.1 Å². The first kappa shape index (κ1) is 18.4. The smallest absolute Gasteiger partial charge is 0.277 e. The van der Waals surface area contributed by atoms with E-state index in [4.69, 9.17) is 0 Å². The van der Waals surface area contributed by atoms with Crippen LogP contribution in [-0.2, 0) is 10.2 Å². The van der Waals surface area contributed by atoms with Crippen LogP contribution in [0.3, 0.4) is 0 Å². The van der Waals surface area contributed by atoms with Gasteiger partial charge in [0.05, 0.1) is 0 Å². The van der Waals surface area contributed by atoms with Crippen molar-refractivity contribution in [2.75, 3.05) is 19.6 Å². The van der Waals surface area contributed by atoms with Crippen molar-refractivity contribution < 1.29 is 8.42 Å². The van der Waals surface area contributed by atoms with Gasteiger partial charge in [0.15, 0.2) is 0 Å². The minimum atomic E-state index is -3.44. The highest BCUT2D eigenvalue weighted by molar-refractivity contribution is 7.87. The summed E-state index contributed by atoms with van der Waals surface area (Å²) in [5.41, 5.74) is 1.14. The van der Waals surface area contributed by atoms with Gasteiger partial charge in [-0.2, -0.15) is 13.1 Å². The molecule has 0 saturated heterocycles. The van der Waals surface area contributed by atoms with Gasteiger partial charge in [0.1, 0.15) is 0 Å². The summed E-state index contributed by atoms with van der Waals surface area (Å²) in [5, 5.41) is 0. The van der Waals surface area contributed by atoms with Crippen molar-refractivity contribution in [1.29, 1.82) is 0 Å². The standard InChI is InChI=1S/C17H29N3O2S/c1-3-20(4-2)17(15-10-6-5-7-11-15)14-18-23(21,22)19-16-12-8-9-13-16/h5-7,10-11,16-19H,3-4,8-9,12-14H2,1-2H3. The van der Waals surface area contributed by atoms with Gasteiger partial charge in [0.25, 0.3) is 10.2 Å². The zero-order valence-electron chi connectivity index (χ0n) is 14.2. The fraction of sp³-hybridized carbons (Fsp3) is 0.647. The highest BCUT2D eigenvalue weighted by Gasteiger charge is 2.24. The van der Waals surface area contributed by atoms with Crippen molar-refractivity contribution in [2.45, 2.75) is 51.6 Å². The van der Waals surface area contributed by atoms with Crippen LogP contribution in [0.5, 0.6) is 0 Å². The largest absolute Gasteiger partial charge is 0.296 e. The zero-order chi connectivity index (χ0) is 16.7. The molecule has 6 heteroatoms. The van der Waals surface area contributed by atoms with E-state index in [9.17, 15) is 8.42 Å². The van der Waals surface area contributed by atoms with Crippen LogP contribution in [0.15, 0.2) is 30.3 Å². The molecular weight excluding hydrogens is 310 g/mol. The first-order chi connectivity index (χ1) is 11.1. The summed E-state index contributed by atoms with van der Waals surface area (Å²) in [6.45, 7) is 6.35. The summed E-state index contributed by atoms with van der Waals surface area (Å²) in [7, 11) is -3.44. The molecule has 0 aromatic heterocycles. The lowest BCUT2D eigenvalue weighted by atomic mass is 10.1. The summed E-state index contributed by atoms with van der Waals surface area (Å²) >= 11 is 0. The van der Waals surface area contributed by atoms with Gasteiger partial charge in [-0.25, -0.2) is 4.72 Å². The molecule has 1 saturated carbocycles. The van der Waals surface area contributed by atoms with Crippen LogP contribution in [-0.4, -0.2) is 39.0 Å². The Morgan fingerprint density at radius 3 is 2.30 bits per heavy atom. The van der Waals surface area contributed by atoms with Crippen molar-refractivity contribution in [1.82, 2.24) is 14.3 Å². The van der Waals surface area contributed by atoms with Crippen LogP contribution in [0.1, 0.15) is 51.1 Å². The van der Waals surface area contributed by atoms with E-state index < -0.39 is 10.2 Å². The van der Waals surface area contributed by atoms with E-state index in [0.717, 1.165) is 44.3 Å². The molecule has 23 heavy (non-hydrogen) atoms. The summed E-state index contributed by atoms with van der Waals surface area (Å²) in [4.78, 5) is 2.27. The molecule has 1 aromatic carbocycles. The Morgan fingerprint density at radius 1 is 1.13 bits per heavy atom. The quantitative estimate of drug-likeness (QED) is 0.726. The van der Waals surface area contributed by atoms with Crippen LogP contribution in [0, 0.1) is 0 Å². The molecule has 0 bridgehead atoms. The highest BCUT2D eigenvalue weighted by Crippen LogP contribution is 2.20. The lowest BCUT2D eigenvalue weighted by Gasteiger charge is -2.30. The van der Waals surface area contributed by atoms with Crippen LogP contribution >= 0.6 is 0 Å². The lowest BCUT2D eigenvalue weighted by Crippen LogP contribution is -2.45. The molecule has 2 N–H and O–H groups in total. The van der Waals surface area contributed by atoms with Gasteiger partial charge in [0, 0.05) is 18.6 Å². The van der Waals surface area contributed by atoms with Crippen molar-refractivity contribution in [3.05, 3.63) is 35.9 Å². The van der Waals surface area contributed by atoms with E-state index in [1.807, 2.05) is 18.2 Å². The number of nitrogens with one attached hydrogen (secondary N) is 2. The number of nitrogens with zero attached hydrogens (tertiary/aromatic N) is 1. The Labute approximate surface area is 140 Å². The van der Waals surface area contributed by atoms with Crippen molar-refractivity contribution >= 4 is 10.2 Å². The number of benzene rings is 1. The normalized spacial score (nSPS) is 17.7. The van der Waals surface area contributed by atoms with Crippen LogP contribution in [0.25, 0.3) is 0 Å². The van der Waals surface area contributed by atoms with E-state index in [2.05, 4.69) is 40.3 Å². The molecule has 0 radical (unpaired) electrons. The molecule has 0 aliphatic heterocycles. The van der Waals surface area contributed by atoms with Crippen LogP contribution in [0.4, 0.5) is 0 Å². The summed E-state index contributed by atoms with van der Waals surface area (Å²) < 4.78 is 30.1. The van der Waals surface area contributed by atoms with Crippen LogP contribution < -0.4 is 9.44 Å². The monoisotopic (exact) mass is 339 g/mol. The van der Waals surface area contributed by atoms with E-state index in [1.165, 1.54) is 0 Å². The van der Waals surface area contributed by atoms with Gasteiger partial charge in [-0.1, -0.05) is 57.0 Å². The van der Waals surface area contributed by atoms with Crippen molar-refractivity contribution in [3.63, 3.8) is 0 Å². The molecule has 1 atom stereocenters. The Balaban J connectivity index is 2.02. The average Bonchev–Trinajstić information content (AvgIpc) is 3.04. The number of hydrogen-bond acceptors (Lipinski definition) is 3. The predicted octanol–water partition coefficient (Wildman–Crippen LogP) is 2.44. The Bertz CT molecular complexity index is 552. The van der Waals surface area contributed by atoms with Gasteiger partial charge in [-0.05, 0) is 31.5 Å². The SMILES string of the molecule is CCN(CC)C(CNS(=O)(=O)NC1CCCC1)c1ccccc1. The number of rotatable bonds is 9. The Kier molecular flexibility index (Phi) is 7.02. The van der Waals surface area contributed by atoms with E-state index in [0.29, 0.717) is 6.54 Å². The maximum absolute atomic E-state index is 12.3. The molecule has 1 unspecified atom stereocenters. The van der Waals surface area contributed by atoms with Crippen molar-refractivity contribution in [3.8, 4) is 0 Å². The molecule has 5 nitrogen and oxygen atoms in total. The Hall–Kier alpha value is -0.950. The summed E-state index contributed by atoms with van der Waals surface area (Å²) in [6, 6.07) is 10.2. The summed E-state index contributed by atoms with van der Waals surface area (Å²) in [6.07, 6.45) is 4.11. The van der Waals surface area contributed by atoms with Gasteiger partial charge in [-0.3, -0.25) is 4.90 Å². The van der Waals surface area contributed by atoms with E-state index >= 15 is 0 Å². The highest BCUT2D eigenvalue weighted by atomic mass is 32.2. The van der Waals surface area contributed by atoms with Crippen LogP contribution in [0.2, 0.25) is 0 Å². The predicted molar refractivity (Wildman–Crippen MR) is 94.4 cm³/mol. The van der Waals surface area contributed by atoms with Crippen molar-refractivity contribution in [2.24, 2.45) is 0 Å². The van der Waals surface area contributed by atoms with Gasteiger partial charge in [0.2, 0.25) is 0 Å². The lowest BCUT2D eigenvalue weighted by molar-refractivity contribution is 0.219. The molecule has 1 aromatic rings. The molecule has 0 spiro atoms. The maximum atomic E-state index is 12.3. The second-order valence-corrected chi connectivity index (χ2v) is 7.63. The third-order valence-corrected chi connectivity index (χ3v) is 5.77. The van der Waals surface area contributed by atoms with Gasteiger partial charge < -0.3 is 0 Å². The topological polar surface area (TPSA) is 61.4 Å². The molecule has 1 fully saturated rings. The number of hydrogen-bond donors (Lipinski definition) is 2. The first-order valence-corrected chi connectivity index (χ1v) is 10.1. The van der Waals surface area contributed by atoms with Gasteiger partial charge >= 0.3 is 0 Å². The molecule has 1 aliphatic rings. The molecule has 1 aliphatic carbocycles. The molecule has 130 valence electrons. The minimum Gasteiger partial charge on any atom is -0.296 e. The molecule has 0 heterocycles. The zero-order valence-corrected chi connectivity index (χ0v) is 15.0. The third-order valence-electron chi connectivity index (χ3n) is 4.58. The second kappa shape index (κ2) is 8.78. The first-order valence-electron chi connectivity index (χ1n) is 8.61.